The van der Waals surface area contributed by atoms with Crippen molar-refractivity contribution in [3.63, 3.8) is 0 Å². The molecule has 0 aliphatic heterocycles. The summed E-state index contributed by atoms with van der Waals surface area (Å²) in [5.74, 6) is 0. The molecule has 0 amide bonds. The molecule has 1 atom stereocenters. The van der Waals surface area contributed by atoms with Crippen LogP contribution in [0.15, 0.2) is 61.2 Å². The maximum atomic E-state index is 6.50. The van der Waals surface area contributed by atoms with E-state index in [1.165, 1.54) is 29.5 Å². The van der Waals surface area contributed by atoms with E-state index in [9.17, 15) is 0 Å². The molecule has 2 nitrogen and oxygen atoms in total. The molecule has 110 valence electrons. The summed E-state index contributed by atoms with van der Waals surface area (Å²) in [6.07, 6.45) is 9.30. The SMILES string of the molecule is Clc1ccccc1C(c1cccc2c1CCC2)n1ccnc1. The van der Waals surface area contributed by atoms with Gasteiger partial charge in [-0.2, -0.15) is 0 Å². The molecule has 0 spiro atoms. The van der Waals surface area contributed by atoms with Gasteiger partial charge in [0.1, 0.15) is 0 Å². The van der Waals surface area contributed by atoms with E-state index in [1.54, 1.807) is 0 Å². The third-order valence-corrected chi connectivity index (χ3v) is 4.84. The summed E-state index contributed by atoms with van der Waals surface area (Å²) in [4.78, 5) is 4.24. The minimum absolute atomic E-state index is 0.0873. The first-order chi connectivity index (χ1) is 10.8. The van der Waals surface area contributed by atoms with Gasteiger partial charge in [0.05, 0.1) is 12.4 Å². The van der Waals surface area contributed by atoms with Crippen molar-refractivity contribution in [3.8, 4) is 0 Å². The maximum absolute atomic E-state index is 6.50. The van der Waals surface area contributed by atoms with E-state index >= 15 is 0 Å². The van der Waals surface area contributed by atoms with Gasteiger partial charge in [-0.15, -0.1) is 0 Å². The zero-order valence-corrected chi connectivity index (χ0v) is 13.0. The fourth-order valence-electron chi connectivity index (χ4n) is 3.51. The second-order valence-corrected chi connectivity index (χ2v) is 6.18. The number of aryl methyl sites for hydroxylation is 1. The Morgan fingerprint density at radius 2 is 1.86 bits per heavy atom. The number of hydrogen-bond acceptors (Lipinski definition) is 1. The van der Waals surface area contributed by atoms with Gasteiger partial charge in [-0.3, -0.25) is 0 Å². The Balaban J connectivity index is 1.93. The monoisotopic (exact) mass is 308 g/mol. The summed E-state index contributed by atoms with van der Waals surface area (Å²) in [7, 11) is 0. The van der Waals surface area contributed by atoms with Gasteiger partial charge in [-0.25, -0.2) is 4.98 Å². The molecular weight excluding hydrogens is 292 g/mol. The van der Waals surface area contributed by atoms with E-state index < -0.39 is 0 Å². The Hall–Kier alpha value is -2.06. The van der Waals surface area contributed by atoms with Crippen molar-refractivity contribution in [1.29, 1.82) is 0 Å². The standard InChI is InChI=1S/C19H17ClN2/c20-18-10-2-1-7-17(18)19(22-12-11-21-13-22)16-9-4-6-14-5-3-8-15(14)16/h1-2,4,6-7,9-13,19H,3,5,8H2. The quantitative estimate of drug-likeness (QED) is 0.688. The van der Waals surface area contributed by atoms with E-state index in [-0.39, 0.29) is 6.04 Å². The first kappa shape index (κ1) is 13.6. The van der Waals surface area contributed by atoms with Crippen LogP contribution in [0.2, 0.25) is 5.02 Å². The summed E-state index contributed by atoms with van der Waals surface area (Å²) >= 11 is 6.50. The normalized spacial score (nSPS) is 14.8. The number of rotatable bonds is 3. The van der Waals surface area contributed by atoms with Crippen LogP contribution in [0.25, 0.3) is 0 Å². The van der Waals surface area contributed by atoms with Crippen LogP contribution < -0.4 is 0 Å². The Morgan fingerprint density at radius 3 is 2.68 bits per heavy atom. The zero-order valence-electron chi connectivity index (χ0n) is 12.2. The van der Waals surface area contributed by atoms with Gasteiger partial charge in [-0.05, 0) is 47.6 Å². The van der Waals surface area contributed by atoms with Crippen LogP contribution in [-0.4, -0.2) is 9.55 Å². The molecule has 1 aliphatic rings. The van der Waals surface area contributed by atoms with E-state index in [4.69, 9.17) is 11.6 Å². The summed E-state index contributed by atoms with van der Waals surface area (Å²) in [5, 5.41) is 0.803. The number of imidazole rings is 1. The third kappa shape index (κ3) is 2.24. The highest BCUT2D eigenvalue weighted by molar-refractivity contribution is 6.31. The molecular formula is C19H17ClN2. The highest BCUT2D eigenvalue weighted by atomic mass is 35.5. The largest absolute Gasteiger partial charge is 0.326 e. The van der Waals surface area contributed by atoms with E-state index in [2.05, 4.69) is 33.8 Å². The predicted octanol–water partition coefficient (Wildman–Crippen LogP) is 4.66. The van der Waals surface area contributed by atoms with Crippen molar-refractivity contribution < 1.29 is 0 Å². The van der Waals surface area contributed by atoms with Gasteiger partial charge in [-0.1, -0.05) is 48.0 Å². The lowest BCUT2D eigenvalue weighted by Crippen LogP contribution is -2.13. The van der Waals surface area contributed by atoms with Crippen LogP contribution in [0, 0.1) is 0 Å². The molecule has 0 N–H and O–H groups in total. The molecule has 1 heterocycles. The molecule has 1 aromatic heterocycles. The molecule has 3 aromatic rings. The second-order valence-electron chi connectivity index (χ2n) is 5.77. The van der Waals surface area contributed by atoms with Crippen LogP contribution in [-0.2, 0) is 12.8 Å². The number of aromatic nitrogens is 2. The second kappa shape index (κ2) is 5.62. The molecule has 1 aliphatic carbocycles. The Bertz CT molecular complexity index is 793. The molecule has 0 fully saturated rings. The van der Waals surface area contributed by atoms with Crippen molar-refractivity contribution in [1.82, 2.24) is 9.55 Å². The van der Waals surface area contributed by atoms with E-state index in [0.29, 0.717) is 0 Å². The van der Waals surface area contributed by atoms with Crippen LogP contribution in [0.4, 0.5) is 0 Å². The number of nitrogens with zero attached hydrogens (tertiary/aromatic N) is 2. The van der Waals surface area contributed by atoms with Crippen molar-refractivity contribution in [2.45, 2.75) is 25.3 Å². The molecule has 0 saturated carbocycles. The molecule has 0 saturated heterocycles. The van der Waals surface area contributed by atoms with Crippen LogP contribution in [0.1, 0.15) is 34.7 Å². The smallest absolute Gasteiger partial charge is 0.0954 e. The van der Waals surface area contributed by atoms with Gasteiger partial charge in [0.25, 0.3) is 0 Å². The summed E-state index contributed by atoms with van der Waals surface area (Å²) in [5.41, 5.74) is 5.44. The van der Waals surface area contributed by atoms with Gasteiger partial charge < -0.3 is 4.57 Å². The molecule has 4 rings (SSSR count). The molecule has 22 heavy (non-hydrogen) atoms. The molecule has 3 heteroatoms. The Labute approximate surface area is 135 Å². The Morgan fingerprint density at radius 1 is 1.00 bits per heavy atom. The molecule has 0 bridgehead atoms. The highest BCUT2D eigenvalue weighted by Gasteiger charge is 2.24. The fraction of sp³-hybridized carbons (Fsp3) is 0.211. The molecule has 0 radical (unpaired) electrons. The number of fused-ring (bicyclic) bond motifs is 1. The third-order valence-electron chi connectivity index (χ3n) is 4.50. The summed E-state index contributed by atoms with van der Waals surface area (Å²) in [6.45, 7) is 0. The van der Waals surface area contributed by atoms with E-state index in [1.807, 2.05) is 36.9 Å². The maximum Gasteiger partial charge on any atom is 0.0954 e. The molecule has 2 aromatic carbocycles. The van der Waals surface area contributed by atoms with Gasteiger partial charge in [0.15, 0.2) is 0 Å². The Kier molecular flexibility index (Phi) is 3.47. The van der Waals surface area contributed by atoms with Gasteiger partial charge in [0, 0.05) is 17.4 Å². The van der Waals surface area contributed by atoms with Crippen molar-refractivity contribution in [2.75, 3.05) is 0 Å². The number of benzene rings is 2. The topological polar surface area (TPSA) is 17.8 Å². The van der Waals surface area contributed by atoms with Crippen LogP contribution in [0.5, 0.6) is 0 Å². The predicted molar refractivity (Wildman–Crippen MR) is 89.4 cm³/mol. The van der Waals surface area contributed by atoms with Crippen LogP contribution in [0.3, 0.4) is 0 Å². The first-order valence-corrected chi connectivity index (χ1v) is 8.05. The average molecular weight is 309 g/mol. The van der Waals surface area contributed by atoms with Crippen LogP contribution >= 0.6 is 11.6 Å². The minimum Gasteiger partial charge on any atom is -0.326 e. The number of hydrogen-bond donors (Lipinski definition) is 0. The summed E-state index contributed by atoms with van der Waals surface area (Å²) < 4.78 is 2.15. The van der Waals surface area contributed by atoms with Gasteiger partial charge >= 0.3 is 0 Å². The lowest BCUT2D eigenvalue weighted by atomic mass is 9.92. The highest BCUT2D eigenvalue weighted by Crippen LogP contribution is 2.37. The summed E-state index contributed by atoms with van der Waals surface area (Å²) in [6, 6.07) is 14.8. The van der Waals surface area contributed by atoms with Crippen molar-refractivity contribution in [3.05, 3.63) is 88.5 Å². The average Bonchev–Trinajstić information content (AvgIpc) is 3.21. The van der Waals surface area contributed by atoms with E-state index in [0.717, 1.165) is 17.0 Å². The van der Waals surface area contributed by atoms with Gasteiger partial charge in [0.2, 0.25) is 0 Å². The zero-order chi connectivity index (χ0) is 14.9. The minimum atomic E-state index is 0.0873. The first-order valence-electron chi connectivity index (χ1n) is 7.67. The van der Waals surface area contributed by atoms with Crippen molar-refractivity contribution in [2.24, 2.45) is 0 Å². The lowest BCUT2D eigenvalue weighted by Gasteiger charge is -2.23. The van der Waals surface area contributed by atoms with Crippen molar-refractivity contribution >= 4 is 11.6 Å². The lowest BCUT2D eigenvalue weighted by molar-refractivity contribution is 0.670. The fourth-order valence-corrected chi connectivity index (χ4v) is 3.75. The molecule has 1 unspecified atom stereocenters. The number of halogens is 1.